The predicted octanol–water partition coefficient (Wildman–Crippen LogP) is 3.38. The van der Waals surface area contributed by atoms with Gasteiger partial charge in [-0.15, -0.1) is 0 Å². The Labute approximate surface area is 147 Å². The summed E-state index contributed by atoms with van der Waals surface area (Å²) in [6.07, 6.45) is -3.06. The predicted molar refractivity (Wildman–Crippen MR) is 89.6 cm³/mol. The van der Waals surface area contributed by atoms with Gasteiger partial charge in [0.25, 0.3) is 5.78 Å². The van der Waals surface area contributed by atoms with Crippen LogP contribution in [0.5, 0.6) is 0 Å². The zero-order valence-electron chi connectivity index (χ0n) is 14.4. The molecule has 0 aliphatic heterocycles. The molecule has 6 nitrogen and oxygen atoms in total. The molecule has 0 spiro atoms. The lowest BCUT2D eigenvalue weighted by Crippen LogP contribution is -2.35. The van der Waals surface area contributed by atoms with E-state index in [1.807, 2.05) is 0 Å². The third-order valence-electron chi connectivity index (χ3n) is 3.95. The zero-order chi connectivity index (χ0) is 19.1. The van der Waals surface area contributed by atoms with Crippen molar-refractivity contribution in [1.82, 2.24) is 19.6 Å². The van der Waals surface area contributed by atoms with E-state index in [-0.39, 0.29) is 0 Å². The van der Waals surface area contributed by atoms with Gasteiger partial charge in [-0.05, 0) is 38.5 Å². The third kappa shape index (κ3) is 3.62. The number of nitrogens with one attached hydrogen (secondary N) is 1. The Hall–Kier alpha value is -2.68. The van der Waals surface area contributed by atoms with Gasteiger partial charge in [0, 0.05) is 11.8 Å². The fourth-order valence-electron chi connectivity index (χ4n) is 2.71. The Morgan fingerprint density at radius 1 is 1.15 bits per heavy atom. The lowest BCUT2D eigenvalue weighted by atomic mass is 9.91. The van der Waals surface area contributed by atoms with Crippen molar-refractivity contribution in [3.8, 4) is 0 Å². The maximum atomic E-state index is 12.8. The second-order valence-corrected chi connectivity index (χ2v) is 6.61. The van der Waals surface area contributed by atoms with Crippen molar-refractivity contribution in [1.29, 1.82) is 0 Å². The van der Waals surface area contributed by atoms with Gasteiger partial charge in [-0.2, -0.15) is 27.8 Å². The van der Waals surface area contributed by atoms with E-state index >= 15 is 0 Å². The Bertz CT molecular complexity index is 913. The maximum absolute atomic E-state index is 12.8. The lowest BCUT2D eigenvalue weighted by Gasteiger charge is -2.31. The van der Waals surface area contributed by atoms with E-state index < -0.39 is 23.4 Å². The first-order valence-electron chi connectivity index (χ1n) is 7.89. The minimum Gasteiger partial charge on any atom is -0.388 e. The molecule has 0 fully saturated rings. The van der Waals surface area contributed by atoms with Gasteiger partial charge in [0.15, 0.2) is 0 Å². The van der Waals surface area contributed by atoms with E-state index in [1.54, 1.807) is 26.8 Å². The highest BCUT2D eigenvalue weighted by Crippen LogP contribution is 2.33. The molecule has 0 aliphatic rings. The Balaban J connectivity index is 2.00. The monoisotopic (exact) mass is 365 g/mol. The summed E-state index contributed by atoms with van der Waals surface area (Å²) in [5, 5.41) is 17.8. The topological polar surface area (TPSA) is 75.3 Å². The summed E-state index contributed by atoms with van der Waals surface area (Å²) in [5.74, 6) is 0.909. The molecule has 3 aromatic rings. The third-order valence-corrected chi connectivity index (χ3v) is 3.95. The molecule has 9 heteroatoms. The Morgan fingerprint density at radius 2 is 1.81 bits per heavy atom. The summed E-state index contributed by atoms with van der Waals surface area (Å²) in [6.45, 7) is 4.95. The first-order chi connectivity index (χ1) is 12.1. The second kappa shape index (κ2) is 6.24. The van der Waals surface area contributed by atoms with Crippen LogP contribution in [0.3, 0.4) is 0 Å². The van der Waals surface area contributed by atoms with Gasteiger partial charge in [0.2, 0.25) is 0 Å². The molecular weight excluding hydrogens is 347 g/mol. The molecule has 2 N–H and O–H groups in total. The number of fused-ring (bicyclic) bond motifs is 1. The molecule has 0 saturated heterocycles. The Kier molecular flexibility index (Phi) is 4.35. The maximum Gasteiger partial charge on any atom is 0.416 e. The fourth-order valence-corrected chi connectivity index (χ4v) is 2.71. The van der Waals surface area contributed by atoms with E-state index in [4.69, 9.17) is 0 Å². The van der Waals surface area contributed by atoms with E-state index in [9.17, 15) is 18.3 Å². The smallest absolute Gasteiger partial charge is 0.388 e. The quantitative estimate of drug-likeness (QED) is 0.741. The second-order valence-electron chi connectivity index (χ2n) is 6.61. The molecular formula is C17H18F3N5O. The van der Waals surface area contributed by atoms with Crippen LogP contribution in [0, 0.1) is 6.92 Å². The molecule has 0 radical (unpaired) electrons. The summed E-state index contributed by atoms with van der Waals surface area (Å²) in [7, 11) is 0. The largest absolute Gasteiger partial charge is 0.416 e. The first-order valence-corrected chi connectivity index (χ1v) is 7.89. The normalized spacial score (nSPS) is 13.8. The van der Waals surface area contributed by atoms with Crippen LogP contribution >= 0.6 is 0 Å². The van der Waals surface area contributed by atoms with Crippen molar-refractivity contribution >= 4 is 11.6 Å². The van der Waals surface area contributed by atoms with E-state index in [1.165, 1.54) is 23.0 Å². The van der Waals surface area contributed by atoms with E-state index in [2.05, 4.69) is 20.4 Å². The van der Waals surface area contributed by atoms with Crippen molar-refractivity contribution in [3.63, 3.8) is 0 Å². The van der Waals surface area contributed by atoms with E-state index in [0.29, 0.717) is 22.9 Å². The summed E-state index contributed by atoms with van der Waals surface area (Å²) in [4.78, 5) is 8.27. The number of nitrogens with zero attached hydrogens (tertiary/aromatic N) is 4. The molecule has 1 aromatic carbocycles. The highest BCUT2D eigenvalue weighted by atomic mass is 19.4. The van der Waals surface area contributed by atoms with Gasteiger partial charge < -0.3 is 10.4 Å². The number of hydrogen-bond donors (Lipinski definition) is 2. The van der Waals surface area contributed by atoms with Crippen LogP contribution in [-0.2, 0) is 6.18 Å². The Morgan fingerprint density at radius 3 is 2.38 bits per heavy atom. The van der Waals surface area contributed by atoms with Crippen LogP contribution in [-0.4, -0.2) is 30.3 Å². The van der Waals surface area contributed by atoms with Crippen LogP contribution < -0.4 is 5.32 Å². The molecule has 1 unspecified atom stereocenters. The van der Waals surface area contributed by atoms with Crippen molar-refractivity contribution in [2.45, 2.75) is 38.6 Å². The summed E-state index contributed by atoms with van der Waals surface area (Å²) in [6, 6.07) is 5.75. The van der Waals surface area contributed by atoms with Crippen LogP contribution in [0.25, 0.3) is 5.78 Å². The van der Waals surface area contributed by atoms with Crippen LogP contribution in [0.2, 0.25) is 0 Å². The number of benzene rings is 1. The number of aryl methyl sites for hydroxylation is 1. The van der Waals surface area contributed by atoms with Gasteiger partial charge in [-0.3, -0.25) is 0 Å². The van der Waals surface area contributed by atoms with Gasteiger partial charge >= 0.3 is 6.18 Å². The SMILES string of the molecule is Cc1cc(NC(c2ccc(C(F)(F)F)cc2)C(C)(C)O)n2ncnc2n1. The minimum absolute atomic E-state index is 0.384. The highest BCUT2D eigenvalue weighted by Gasteiger charge is 2.33. The summed E-state index contributed by atoms with van der Waals surface area (Å²) < 4.78 is 39.9. The molecule has 0 saturated carbocycles. The number of aliphatic hydroxyl groups is 1. The van der Waals surface area contributed by atoms with Gasteiger partial charge in [0.05, 0.1) is 17.2 Å². The summed E-state index contributed by atoms with van der Waals surface area (Å²) >= 11 is 0. The zero-order valence-corrected chi connectivity index (χ0v) is 14.4. The molecule has 138 valence electrons. The van der Waals surface area contributed by atoms with Crippen molar-refractivity contribution in [3.05, 3.63) is 53.5 Å². The molecule has 26 heavy (non-hydrogen) atoms. The van der Waals surface area contributed by atoms with Gasteiger partial charge in [0.1, 0.15) is 12.1 Å². The van der Waals surface area contributed by atoms with Crippen LogP contribution in [0.15, 0.2) is 36.7 Å². The summed E-state index contributed by atoms with van der Waals surface area (Å²) in [5.41, 5.74) is -0.804. The average Bonchev–Trinajstić information content (AvgIpc) is 2.99. The highest BCUT2D eigenvalue weighted by molar-refractivity contribution is 5.47. The molecule has 3 rings (SSSR count). The minimum atomic E-state index is -4.41. The molecule has 1 atom stereocenters. The van der Waals surface area contributed by atoms with E-state index in [0.717, 1.165) is 12.1 Å². The van der Waals surface area contributed by atoms with Crippen LogP contribution in [0.1, 0.15) is 36.7 Å². The number of anilines is 1. The van der Waals surface area contributed by atoms with Crippen molar-refractivity contribution in [2.75, 3.05) is 5.32 Å². The van der Waals surface area contributed by atoms with Gasteiger partial charge in [-0.1, -0.05) is 12.1 Å². The number of alkyl halides is 3. The average molecular weight is 365 g/mol. The van der Waals surface area contributed by atoms with Crippen molar-refractivity contribution in [2.24, 2.45) is 0 Å². The standard InChI is InChI=1S/C17H18F3N5O/c1-10-8-13(25-15(23-10)21-9-22-25)24-14(16(2,3)26)11-4-6-12(7-5-11)17(18,19)20/h4-9,14,24,26H,1-3H3. The van der Waals surface area contributed by atoms with Crippen LogP contribution in [0.4, 0.5) is 19.0 Å². The first kappa shape index (κ1) is 18.1. The molecule has 0 amide bonds. The lowest BCUT2D eigenvalue weighted by molar-refractivity contribution is -0.137. The number of aromatic nitrogens is 4. The molecule has 2 heterocycles. The number of rotatable bonds is 4. The van der Waals surface area contributed by atoms with Crippen molar-refractivity contribution < 1.29 is 18.3 Å². The number of hydrogen-bond acceptors (Lipinski definition) is 5. The fraction of sp³-hybridized carbons (Fsp3) is 0.353. The van der Waals surface area contributed by atoms with Gasteiger partial charge in [-0.25, -0.2) is 4.98 Å². The molecule has 0 aliphatic carbocycles. The number of halogens is 3. The molecule has 0 bridgehead atoms. The molecule has 2 aromatic heterocycles.